The van der Waals surface area contributed by atoms with E-state index < -0.39 is 6.04 Å². The molecule has 0 unspecified atom stereocenters. The minimum Gasteiger partial charge on any atom is -0.337 e. The van der Waals surface area contributed by atoms with Gasteiger partial charge in [0.25, 0.3) is 0 Å². The van der Waals surface area contributed by atoms with Crippen molar-refractivity contribution in [1.29, 1.82) is 0 Å². The van der Waals surface area contributed by atoms with E-state index in [1.165, 1.54) is 0 Å². The maximum Gasteiger partial charge on any atom is 0.240 e. The minimum atomic E-state index is -0.448. The van der Waals surface area contributed by atoms with Crippen molar-refractivity contribution in [3.8, 4) is 0 Å². The zero-order valence-electron chi connectivity index (χ0n) is 11.3. The highest BCUT2D eigenvalue weighted by atomic mass is 16.2. The first-order valence-electron chi connectivity index (χ1n) is 6.37. The third-order valence-electron chi connectivity index (χ3n) is 3.47. The lowest BCUT2D eigenvalue weighted by atomic mass is 9.86. The van der Waals surface area contributed by atoms with Crippen molar-refractivity contribution in [3.05, 3.63) is 29.6 Å². The van der Waals surface area contributed by atoms with Crippen molar-refractivity contribution in [3.63, 3.8) is 0 Å². The number of hydrogen-bond donors (Lipinski definition) is 1. The van der Waals surface area contributed by atoms with Crippen LogP contribution in [0.15, 0.2) is 18.3 Å². The molecule has 18 heavy (non-hydrogen) atoms. The Labute approximate surface area is 108 Å². The zero-order valence-corrected chi connectivity index (χ0v) is 11.3. The lowest BCUT2D eigenvalue weighted by Crippen LogP contribution is -2.51. The molecule has 1 aromatic rings. The van der Waals surface area contributed by atoms with Crippen LogP contribution in [0.25, 0.3) is 0 Å². The van der Waals surface area contributed by atoms with E-state index in [-0.39, 0.29) is 11.3 Å². The molecule has 1 atom stereocenters. The van der Waals surface area contributed by atoms with Crippen molar-refractivity contribution in [2.75, 3.05) is 6.54 Å². The lowest BCUT2D eigenvalue weighted by molar-refractivity contribution is -0.135. The van der Waals surface area contributed by atoms with Gasteiger partial charge in [0.05, 0.1) is 6.04 Å². The molecule has 1 amide bonds. The normalized spacial score (nSPS) is 17.2. The highest BCUT2D eigenvalue weighted by Gasteiger charge is 2.32. The fourth-order valence-electron chi connectivity index (χ4n) is 2.12. The molecule has 1 aliphatic heterocycles. The molecule has 0 saturated heterocycles. The summed E-state index contributed by atoms with van der Waals surface area (Å²) in [6.45, 7) is 7.33. The van der Waals surface area contributed by atoms with E-state index in [1.54, 1.807) is 6.20 Å². The van der Waals surface area contributed by atoms with Gasteiger partial charge in [-0.25, -0.2) is 0 Å². The number of pyridine rings is 1. The standard InChI is InChI=1S/C14H21N3O/c1-14(2,3)12(15)13(18)17-8-6-11-10(9-17)5-4-7-16-11/h4-5,7,12H,6,8-9,15H2,1-3H3/t12-/m1/s1. The van der Waals surface area contributed by atoms with Gasteiger partial charge in [-0.3, -0.25) is 9.78 Å². The number of nitrogens with two attached hydrogens (primary N) is 1. The van der Waals surface area contributed by atoms with Crippen molar-refractivity contribution in [2.24, 2.45) is 11.1 Å². The molecule has 98 valence electrons. The van der Waals surface area contributed by atoms with Gasteiger partial charge in [0.2, 0.25) is 5.91 Å². The summed E-state index contributed by atoms with van der Waals surface area (Å²) >= 11 is 0. The van der Waals surface area contributed by atoms with Gasteiger partial charge in [0, 0.05) is 31.4 Å². The van der Waals surface area contributed by atoms with Crippen LogP contribution in [0.5, 0.6) is 0 Å². The van der Waals surface area contributed by atoms with Crippen LogP contribution < -0.4 is 5.73 Å². The van der Waals surface area contributed by atoms with E-state index in [9.17, 15) is 4.79 Å². The third kappa shape index (κ3) is 2.53. The van der Waals surface area contributed by atoms with Crippen LogP contribution in [0.1, 0.15) is 32.0 Å². The number of hydrogen-bond acceptors (Lipinski definition) is 3. The number of carbonyl (C=O) groups is 1. The summed E-state index contributed by atoms with van der Waals surface area (Å²) in [7, 11) is 0. The first kappa shape index (κ1) is 13.0. The maximum absolute atomic E-state index is 12.3. The van der Waals surface area contributed by atoms with Crippen LogP contribution in [0.2, 0.25) is 0 Å². The van der Waals surface area contributed by atoms with Crippen molar-refractivity contribution < 1.29 is 4.79 Å². The summed E-state index contributed by atoms with van der Waals surface area (Å²) in [6.07, 6.45) is 2.62. The molecule has 0 spiro atoms. The molecule has 1 aromatic heterocycles. The smallest absolute Gasteiger partial charge is 0.240 e. The summed E-state index contributed by atoms with van der Waals surface area (Å²) in [5, 5.41) is 0. The molecule has 0 fully saturated rings. The topological polar surface area (TPSA) is 59.2 Å². The van der Waals surface area contributed by atoms with Gasteiger partial charge in [-0.05, 0) is 17.0 Å². The molecular weight excluding hydrogens is 226 g/mol. The van der Waals surface area contributed by atoms with Crippen LogP contribution in [-0.4, -0.2) is 28.4 Å². The van der Waals surface area contributed by atoms with Gasteiger partial charge in [0.15, 0.2) is 0 Å². The number of nitrogens with zero attached hydrogens (tertiary/aromatic N) is 2. The predicted molar refractivity (Wildman–Crippen MR) is 70.8 cm³/mol. The Morgan fingerprint density at radius 1 is 1.50 bits per heavy atom. The van der Waals surface area contributed by atoms with Crippen LogP contribution in [-0.2, 0) is 17.8 Å². The Kier molecular flexibility index (Phi) is 3.39. The van der Waals surface area contributed by atoms with Crippen molar-refractivity contribution in [1.82, 2.24) is 9.88 Å². The van der Waals surface area contributed by atoms with Crippen LogP contribution in [0.4, 0.5) is 0 Å². The SMILES string of the molecule is CC(C)(C)[C@H](N)C(=O)N1CCc2ncccc2C1. The van der Waals surface area contributed by atoms with E-state index >= 15 is 0 Å². The Bertz CT molecular complexity index is 451. The number of carbonyl (C=O) groups excluding carboxylic acids is 1. The Morgan fingerprint density at radius 2 is 2.22 bits per heavy atom. The van der Waals surface area contributed by atoms with Crippen LogP contribution in [0.3, 0.4) is 0 Å². The Morgan fingerprint density at radius 3 is 2.89 bits per heavy atom. The quantitative estimate of drug-likeness (QED) is 0.814. The summed E-state index contributed by atoms with van der Waals surface area (Å²) in [4.78, 5) is 18.5. The van der Waals surface area contributed by atoms with Gasteiger partial charge >= 0.3 is 0 Å². The maximum atomic E-state index is 12.3. The molecule has 0 aliphatic carbocycles. The van der Waals surface area contributed by atoms with Crippen LogP contribution >= 0.6 is 0 Å². The predicted octanol–water partition coefficient (Wildman–Crippen LogP) is 1.34. The average Bonchev–Trinajstić information content (AvgIpc) is 2.35. The number of amides is 1. The Balaban J connectivity index is 2.12. The second-order valence-electron chi connectivity index (χ2n) is 5.96. The molecule has 0 bridgehead atoms. The fraction of sp³-hybridized carbons (Fsp3) is 0.571. The van der Waals surface area contributed by atoms with Gasteiger partial charge < -0.3 is 10.6 Å². The molecule has 1 aliphatic rings. The lowest BCUT2D eigenvalue weighted by Gasteiger charge is -2.34. The highest BCUT2D eigenvalue weighted by molar-refractivity contribution is 5.82. The largest absolute Gasteiger partial charge is 0.337 e. The molecule has 0 saturated carbocycles. The molecule has 4 nitrogen and oxygen atoms in total. The summed E-state index contributed by atoms with van der Waals surface area (Å²) < 4.78 is 0. The second kappa shape index (κ2) is 4.69. The molecule has 0 radical (unpaired) electrons. The Hall–Kier alpha value is -1.42. The first-order chi connectivity index (χ1) is 8.39. The average molecular weight is 247 g/mol. The monoisotopic (exact) mass is 247 g/mol. The van der Waals surface area contributed by atoms with Gasteiger partial charge in [-0.2, -0.15) is 0 Å². The number of aromatic nitrogens is 1. The van der Waals surface area contributed by atoms with Crippen molar-refractivity contribution in [2.45, 2.75) is 39.8 Å². The molecular formula is C14H21N3O. The van der Waals surface area contributed by atoms with Crippen LogP contribution in [0, 0.1) is 5.41 Å². The summed E-state index contributed by atoms with van der Waals surface area (Å²) in [5.74, 6) is 0.0389. The summed E-state index contributed by atoms with van der Waals surface area (Å²) in [6, 6.07) is 3.50. The zero-order chi connectivity index (χ0) is 13.3. The molecule has 2 heterocycles. The third-order valence-corrected chi connectivity index (χ3v) is 3.47. The number of rotatable bonds is 1. The summed E-state index contributed by atoms with van der Waals surface area (Å²) in [5.41, 5.74) is 8.08. The van der Waals surface area contributed by atoms with Gasteiger partial charge in [-0.15, -0.1) is 0 Å². The van der Waals surface area contributed by atoms with E-state index in [2.05, 4.69) is 4.98 Å². The van der Waals surface area contributed by atoms with E-state index in [1.807, 2.05) is 37.8 Å². The van der Waals surface area contributed by atoms with Gasteiger partial charge in [-0.1, -0.05) is 26.8 Å². The molecule has 2 N–H and O–H groups in total. The fourth-order valence-corrected chi connectivity index (χ4v) is 2.12. The molecule has 0 aromatic carbocycles. The van der Waals surface area contributed by atoms with Gasteiger partial charge in [0.1, 0.15) is 0 Å². The number of fused-ring (bicyclic) bond motifs is 1. The van der Waals surface area contributed by atoms with Crippen molar-refractivity contribution >= 4 is 5.91 Å². The molecule has 2 rings (SSSR count). The second-order valence-corrected chi connectivity index (χ2v) is 5.96. The first-order valence-corrected chi connectivity index (χ1v) is 6.37. The molecule has 4 heteroatoms. The van der Waals surface area contributed by atoms with E-state index in [4.69, 9.17) is 5.73 Å². The highest BCUT2D eigenvalue weighted by Crippen LogP contribution is 2.22. The minimum absolute atomic E-state index is 0.0389. The van der Waals surface area contributed by atoms with E-state index in [0.29, 0.717) is 13.1 Å². The van der Waals surface area contributed by atoms with E-state index in [0.717, 1.165) is 17.7 Å².